The van der Waals surface area contributed by atoms with E-state index in [9.17, 15) is 4.79 Å². The second-order valence-electron chi connectivity index (χ2n) is 6.13. The van der Waals surface area contributed by atoms with E-state index in [0.29, 0.717) is 0 Å². The van der Waals surface area contributed by atoms with Gasteiger partial charge in [0, 0.05) is 44.1 Å². The molecule has 7 heteroatoms. The molecular formula is C17H24N6O. The van der Waals surface area contributed by atoms with Gasteiger partial charge in [0.15, 0.2) is 0 Å². The van der Waals surface area contributed by atoms with Crippen LogP contribution >= 0.6 is 0 Å². The highest BCUT2D eigenvalue weighted by molar-refractivity contribution is 5.83. The van der Waals surface area contributed by atoms with Gasteiger partial charge in [0.05, 0.1) is 6.20 Å². The Hall–Kier alpha value is -2.41. The zero-order chi connectivity index (χ0) is 16.9. The SMILES string of the molecule is CNC(C(=O)NC1CCN(c2ccccn2)CC1)c1cnn(C)c1. The maximum atomic E-state index is 12.6. The van der Waals surface area contributed by atoms with Crippen molar-refractivity contribution < 1.29 is 4.79 Å². The number of hydrogen-bond acceptors (Lipinski definition) is 5. The van der Waals surface area contributed by atoms with Gasteiger partial charge in [-0.15, -0.1) is 0 Å². The molecule has 2 N–H and O–H groups in total. The quantitative estimate of drug-likeness (QED) is 0.851. The lowest BCUT2D eigenvalue weighted by Gasteiger charge is -2.33. The van der Waals surface area contributed by atoms with Crippen molar-refractivity contribution in [1.29, 1.82) is 0 Å². The number of nitrogens with one attached hydrogen (secondary N) is 2. The van der Waals surface area contributed by atoms with Crippen LogP contribution in [0.1, 0.15) is 24.4 Å². The van der Waals surface area contributed by atoms with E-state index in [4.69, 9.17) is 0 Å². The Morgan fingerprint density at radius 1 is 1.33 bits per heavy atom. The van der Waals surface area contributed by atoms with Crippen LogP contribution in [-0.4, -0.2) is 46.9 Å². The van der Waals surface area contributed by atoms with E-state index in [1.165, 1.54) is 0 Å². The zero-order valence-electron chi connectivity index (χ0n) is 14.1. The Kier molecular flexibility index (Phi) is 5.10. The van der Waals surface area contributed by atoms with Crippen molar-refractivity contribution in [2.75, 3.05) is 25.0 Å². The number of aryl methyl sites for hydroxylation is 1. The fourth-order valence-electron chi connectivity index (χ4n) is 3.12. The maximum Gasteiger partial charge on any atom is 0.242 e. The van der Waals surface area contributed by atoms with Crippen LogP contribution in [0.3, 0.4) is 0 Å². The molecule has 3 heterocycles. The molecule has 1 aliphatic rings. The Morgan fingerprint density at radius 2 is 2.12 bits per heavy atom. The smallest absolute Gasteiger partial charge is 0.242 e. The molecule has 1 unspecified atom stereocenters. The Labute approximate surface area is 142 Å². The van der Waals surface area contributed by atoms with E-state index in [1.54, 1.807) is 17.9 Å². The van der Waals surface area contributed by atoms with Crippen molar-refractivity contribution in [3.63, 3.8) is 0 Å². The lowest BCUT2D eigenvalue weighted by molar-refractivity contribution is -0.124. The third-order valence-electron chi connectivity index (χ3n) is 4.42. The predicted molar refractivity (Wildman–Crippen MR) is 92.6 cm³/mol. The molecule has 1 atom stereocenters. The van der Waals surface area contributed by atoms with Crippen LogP contribution < -0.4 is 15.5 Å². The second kappa shape index (κ2) is 7.44. The molecule has 0 aliphatic carbocycles. The van der Waals surface area contributed by atoms with E-state index < -0.39 is 0 Å². The third-order valence-corrected chi connectivity index (χ3v) is 4.42. The molecule has 7 nitrogen and oxygen atoms in total. The average molecular weight is 328 g/mol. The number of pyridine rings is 1. The molecule has 0 bridgehead atoms. The van der Waals surface area contributed by atoms with Gasteiger partial charge in [0.1, 0.15) is 11.9 Å². The van der Waals surface area contributed by atoms with E-state index in [2.05, 4.69) is 25.6 Å². The number of likely N-dealkylation sites (N-methyl/N-ethyl adjacent to an activating group) is 1. The minimum Gasteiger partial charge on any atom is -0.356 e. The standard InChI is InChI=1S/C17H24N6O/c1-18-16(13-11-20-22(2)12-13)17(24)21-14-6-9-23(10-7-14)15-5-3-4-8-19-15/h3-5,8,11-12,14,16,18H,6-7,9-10H2,1-2H3,(H,21,24). The first-order chi connectivity index (χ1) is 11.7. The number of rotatable bonds is 5. The van der Waals surface area contributed by atoms with E-state index >= 15 is 0 Å². The summed E-state index contributed by atoms with van der Waals surface area (Å²) in [6.07, 6.45) is 7.25. The van der Waals surface area contributed by atoms with Crippen molar-refractivity contribution in [3.8, 4) is 0 Å². The molecule has 1 amide bonds. The van der Waals surface area contributed by atoms with Crippen molar-refractivity contribution in [1.82, 2.24) is 25.4 Å². The fourth-order valence-corrected chi connectivity index (χ4v) is 3.12. The molecule has 1 saturated heterocycles. The Morgan fingerprint density at radius 3 is 2.71 bits per heavy atom. The van der Waals surface area contributed by atoms with Gasteiger partial charge in [-0.3, -0.25) is 9.48 Å². The topological polar surface area (TPSA) is 75.1 Å². The number of carbonyl (C=O) groups excluding carboxylic acids is 1. The van der Waals surface area contributed by atoms with Gasteiger partial charge in [-0.25, -0.2) is 4.98 Å². The largest absolute Gasteiger partial charge is 0.356 e. The molecule has 1 fully saturated rings. The summed E-state index contributed by atoms with van der Waals surface area (Å²) < 4.78 is 1.71. The highest BCUT2D eigenvalue weighted by Gasteiger charge is 2.25. The van der Waals surface area contributed by atoms with Gasteiger partial charge in [-0.1, -0.05) is 6.07 Å². The summed E-state index contributed by atoms with van der Waals surface area (Å²) in [5, 5.41) is 10.4. The van der Waals surface area contributed by atoms with Crippen molar-refractivity contribution >= 4 is 11.7 Å². The number of anilines is 1. The summed E-state index contributed by atoms with van der Waals surface area (Å²) in [5.74, 6) is 1.01. The lowest BCUT2D eigenvalue weighted by atomic mass is 10.0. The maximum absolute atomic E-state index is 12.6. The summed E-state index contributed by atoms with van der Waals surface area (Å²) in [4.78, 5) is 19.2. The van der Waals surface area contributed by atoms with Gasteiger partial charge in [-0.05, 0) is 32.0 Å². The average Bonchev–Trinajstić information content (AvgIpc) is 3.03. The zero-order valence-corrected chi connectivity index (χ0v) is 14.1. The number of carbonyl (C=O) groups is 1. The Bertz CT molecular complexity index is 663. The van der Waals surface area contributed by atoms with Crippen molar-refractivity contribution in [2.45, 2.75) is 24.9 Å². The fraction of sp³-hybridized carbons (Fsp3) is 0.471. The van der Waals surface area contributed by atoms with Crippen LogP contribution in [0.15, 0.2) is 36.8 Å². The van der Waals surface area contributed by atoms with Crippen molar-refractivity contribution in [3.05, 3.63) is 42.4 Å². The lowest BCUT2D eigenvalue weighted by Crippen LogP contribution is -2.47. The third kappa shape index (κ3) is 3.73. The van der Waals surface area contributed by atoms with Crippen LogP contribution in [0.4, 0.5) is 5.82 Å². The second-order valence-corrected chi connectivity index (χ2v) is 6.13. The molecule has 24 heavy (non-hydrogen) atoms. The summed E-state index contributed by atoms with van der Waals surface area (Å²) in [5.41, 5.74) is 0.878. The van der Waals surface area contributed by atoms with Crippen LogP contribution in [0.25, 0.3) is 0 Å². The monoisotopic (exact) mass is 328 g/mol. The summed E-state index contributed by atoms with van der Waals surface area (Å²) in [6, 6.07) is 5.78. The first-order valence-electron chi connectivity index (χ1n) is 8.29. The molecule has 0 spiro atoms. The van der Waals surface area contributed by atoms with Gasteiger partial charge in [0.2, 0.25) is 5.91 Å². The van der Waals surface area contributed by atoms with Crippen LogP contribution in [0.5, 0.6) is 0 Å². The number of aromatic nitrogens is 3. The molecule has 2 aromatic rings. The molecule has 0 saturated carbocycles. The highest BCUT2D eigenvalue weighted by Crippen LogP contribution is 2.18. The molecular weight excluding hydrogens is 304 g/mol. The highest BCUT2D eigenvalue weighted by atomic mass is 16.2. The molecule has 1 aliphatic heterocycles. The molecule has 3 rings (SSSR count). The van der Waals surface area contributed by atoms with Gasteiger partial charge < -0.3 is 15.5 Å². The van der Waals surface area contributed by atoms with Crippen LogP contribution in [0.2, 0.25) is 0 Å². The van der Waals surface area contributed by atoms with E-state index in [1.807, 2.05) is 37.6 Å². The predicted octanol–water partition coefficient (Wildman–Crippen LogP) is 0.861. The van der Waals surface area contributed by atoms with Crippen LogP contribution in [0, 0.1) is 0 Å². The van der Waals surface area contributed by atoms with Crippen LogP contribution in [-0.2, 0) is 11.8 Å². The van der Waals surface area contributed by atoms with E-state index in [0.717, 1.165) is 37.3 Å². The van der Waals surface area contributed by atoms with Gasteiger partial charge in [-0.2, -0.15) is 5.10 Å². The minimum absolute atomic E-state index is 0.00165. The molecule has 0 radical (unpaired) electrons. The summed E-state index contributed by atoms with van der Waals surface area (Å²) >= 11 is 0. The number of amides is 1. The Balaban J connectivity index is 1.54. The number of piperidine rings is 1. The molecule has 0 aromatic carbocycles. The first-order valence-corrected chi connectivity index (χ1v) is 8.29. The summed E-state index contributed by atoms with van der Waals surface area (Å²) in [7, 11) is 3.64. The number of hydrogen-bond donors (Lipinski definition) is 2. The van der Waals surface area contributed by atoms with Gasteiger partial charge in [0.25, 0.3) is 0 Å². The summed E-state index contributed by atoms with van der Waals surface area (Å²) in [6.45, 7) is 1.80. The van der Waals surface area contributed by atoms with E-state index in [-0.39, 0.29) is 18.0 Å². The first kappa shape index (κ1) is 16.4. The molecule has 128 valence electrons. The minimum atomic E-state index is -0.368. The number of nitrogens with zero attached hydrogens (tertiary/aromatic N) is 4. The van der Waals surface area contributed by atoms with Gasteiger partial charge >= 0.3 is 0 Å². The van der Waals surface area contributed by atoms with Crippen molar-refractivity contribution in [2.24, 2.45) is 7.05 Å². The normalized spacial score (nSPS) is 16.8. The molecule has 2 aromatic heterocycles.